The summed E-state index contributed by atoms with van der Waals surface area (Å²) in [7, 11) is 0. The summed E-state index contributed by atoms with van der Waals surface area (Å²) in [6.45, 7) is 6.28. The van der Waals surface area contributed by atoms with Crippen LogP contribution in [-0.2, 0) is 0 Å². The molecule has 17 heavy (non-hydrogen) atoms. The van der Waals surface area contributed by atoms with Gasteiger partial charge in [0, 0.05) is 6.04 Å². The molecule has 5 heteroatoms. The van der Waals surface area contributed by atoms with Gasteiger partial charge in [0.1, 0.15) is 5.82 Å². The number of aromatic nitrogens is 2. The number of rotatable bonds is 2. The summed E-state index contributed by atoms with van der Waals surface area (Å²) in [4.78, 5) is 4.57. The summed E-state index contributed by atoms with van der Waals surface area (Å²) in [6.07, 6.45) is 0. The molecule has 0 aliphatic carbocycles. The van der Waals surface area contributed by atoms with Gasteiger partial charge in [-0.15, -0.1) is 24.8 Å². The van der Waals surface area contributed by atoms with Crippen LogP contribution in [0.5, 0.6) is 0 Å². The molecule has 2 aromatic rings. The van der Waals surface area contributed by atoms with Gasteiger partial charge in [-0.2, -0.15) is 0 Å². The second kappa shape index (κ2) is 6.24. The molecule has 0 aliphatic heterocycles. The van der Waals surface area contributed by atoms with Gasteiger partial charge in [0.2, 0.25) is 0 Å². The molecule has 2 N–H and O–H groups in total. The van der Waals surface area contributed by atoms with Gasteiger partial charge in [-0.3, -0.25) is 0 Å². The Labute approximate surface area is 114 Å². The molecule has 96 valence electrons. The van der Waals surface area contributed by atoms with E-state index in [-0.39, 0.29) is 30.9 Å². The van der Waals surface area contributed by atoms with Gasteiger partial charge in [-0.05, 0) is 32.9 Å². The first-order chi connectivity index (χ1) is 7.11. The second-order valence-electron chi connectivity index (χ2n) is 4.21. The topological polar surface area (TPSA) is 43.8 Å². The molecule has 0 spiro atoms. The van der Waals surface area contributed by atoms with E-state index < -0.39 is 0 Å². The lowest BCUT2D eigenvalue weighted by Gasteiger charge is -2.14. The van der Waals surface area contributed by atoms with Crippen LogP contribution in [0.15, 0.2) is 24.3 Å². The second-order valence-corrected chi connectivity index (χ2v) is 4.21. The third kappa shape index (κ3) is 2.92. The smallest absolute Gasteiger partial charge is 0.126 e. The monoisotopic (exact) mass is 275 g/mol. The Kier molecular flexibility index (Phi) is 5.96. The molecule has 2 rings (SSSR count). The van der Waals surface area contributed by atoms with Crippen LogP contribution in [0.3, 0.4) is 0 Å². The first-order valence-corrected chi connectivity index (χ1v) is 5.33. The summed E-state index contributed by atoms with van der Waals surface area (Å²) in [5.74, 6) is 0.964. The number of halogens is 2. The van der Waals surface area contributed by atoms with Crippen molar-refractivity contribution in [2.24, 2.45) is 5.73 Å². The van der Waals surface area contributed by atoms with Crippen molar-refractivity contribution in [2.45, 2.75) is 32.9 Å². The zero-order valence-electron chi connectivity index (χ0n) is 10.3. The molecule has 0 radical (unpaired) electrons. The average Bonchev–Trinajstić information content (AvgIpc) is 2.56. The van der Waals surface area contributed by atoms with E-state index in [2.05, 4.69) is 29.5 Å². The summed E-state index contributed by atoms with van der Waals surface area (Å²) in [5.41, 5.74) is 8.13. The first kappa shape index (κ1) is 16.2. The lowest BCUT2D eigenvalue weighted by atomic mass is 10.2. The van der Waals surface area contributed by atoms with Crippen molar-refractivity contribution >= 4 is 35.8 Å². The van der Waals surface area contributed by atoms with E-state index in [4.69, 9.17) is 5.73 Å². The van der Waals surface area contributed by atoms with E-state index in [0.717, 1.165) is 11.3 Å². The summed E-state index contributed by atoms with van der Waals surface area (Å²) in [6, 6.07) is 8.52. The highest BCUT2D eigenvalue weighted by atomic mass is 35.5. The fraction of sp³-hybridized carbons (Fsp3) is 0.417. The van der Waals surface area contributed by atoms with E-state index in [1.807, 2.05) is 25.1 Å². The van der Waals surface area contributed by atoms with Gasteiger partial charge in [-0.1, -0.05) is 12.1 Å². The number of nitrogens with two attached hydrogens (primary N) is 1. The van der Waals surface area contributed by atoms with Crippen molar-refractivity contribution in [2.75, 3.05) is 0 Å². The van der Waals surface area contributed by atoms with Gasteiger partial charge in [0.05, 0.1) is 17.1 Å². The standard InChI is InChI=1S/C12H17N3.2ClH/c1-8(2)15-11-7-5-4-6-10(11)14-12(15)9(3)13;;/h4-9H,13H2,1-3H3;2*1H. The fourth-order valence-electron chi connectivity index (χ4n) is 1.93. The predicted octanol–water partition coefficient (Wildman–Crippen LogP) is 3.48. The van der Waals surface area contributed by atoms with E-state index in [9.17, 15) is 0 Å². The molecule has 0 saturated carbocycles. The van der Waals surface area contributed by atoms with Gasteiger partial charge < -0.3 is 10.3 Å². The minimum absolute atomic E-state index is 0. The van der Waals surface area contributed by atoms with Crippen molar-refractivity contribution in [3.05, 3.63) is 30.1 Å². The molecular weight excluding hydrogens is 257 g/mol. The van der Waals surface area contributed by atoms with Crippen LogP contribution in [0.2, 0.25) is 0 Å². The SMILES string of the molecule is CC(N)c1nc2ccccc2n1C(C)C.Cl.Cl. The molecule has 0 bridgehead atoms. The van der Waals surface area contributed by atoms with Crippen molar-refractivity contribution in [1.82, 2.24) is 9.55 Å². The fourth-order valence-corrected chi connectivity index (χ4v) is 1.93. The number of para-hydroxylation sites is 2. The highest BCUT2D eigenvalue weighted by Crippen LogP contribution is 2.23. The Morgan fingerprint density at radius 2 is 1.71 bits per heavy atom. The average molecular weight is 276 g/mol. The Hall–Kier alpha value is -0.770. The van der Waals surface area contributed by atoms with Crippen LogP contribution in [0.25, 0.3) is 11.0 Å². The minimum Gasteiger partial charge on any atom is -0.324 e. The Morgan fingerprint density at radius 1 is 1.12 bits per heavy atom. The maximum absolute atomic E-state index is 5.93. The highest BCUT2D eigenvalue weighted by Gasteiger charge is 2.15. The van der Waals surface area contributed by atoms with Gasteiger partial charge in [0.25, 0.3) is 0 Å². The lowest BCUT2D eigenvalue weighted by Crippen LogP contribution is -2.14. The minimum atomic E-state index is -0.0280. The summed E-state index contributed by atoms with van der Waals surface area (Å²) in [5, 5.41) is 0. The zero-order chi connectivity index (χ0) is 11.0. The molecule has 1 aromatic carbocycles. The van der Waals surface area contributed by atoms with Crippen molar-refractivity contribution in [3.8, 4) is 0 Å². The molecule has 1 unspecified atom stereocenters. The molecule has 0 fully saturated rings. The van der Waals surface area contributed by atoms with Gasteiger partial charge in [-0.25, -0.2) is 4.98 Å². The Bertz CT molecular complexity index is 478. The third-order valence-corrected chi connectivity index (χ3v) is 2.55. The van der Waals surface area contributed by atoms with Crippen LogP contribution < -0.4 is 5.73 Å². The van der Waals surface area contributed by atoms with E-state index in [1.165, 1.54) is 5.52 Å². The number of benzene rings is 1. The number of hydrogen-bond donors (Lipinski definition) is 1. The zero-order valence-corrected chi connectivity index (χ0v) is 11.9. The molecule has 0 amide bonds. The molecule has 0 saturated heterocycles. The van der Waals surface area contributed by atoms with E-state index >= 15 is 0 Å². The normalized spacial score (nSPS) is 12.1. The highest BCUT2D eigenvalue weighted by molar-refractivity contribution is 5.85. The third-order valence-electron chi connectivity index (χ3n) is 2.55. The van der Waals surface area contributed by atoms with Crippen molar-refractivity contribution in [1.29, 1.82) is 0 Å². The largest absolute Gasteiger partial charge is 0.324 e. The van der Waals surface area contributed by atoms with Crippen molar-refractivity contribution < 1.29 is 0 Å². The van der Waals surface area contributed by atoms with Gasteiger partial charge >= 0.3 is 0 Å². The number of imidazole rings is 1. The van der Waals surface area contributed by atoms with Crippen molar-refractivity contribution in [3.63, 3.8) is 0 Å². The molecule has 0 aliphatic rings. The van der Waals surface area contributed by atoms with Crippen LogP contribution in [0, 0.1) is 0 Å². The maximum Gasteiger partial charge on any atom is 0.126 e. The molecule has 1 aromatic heterocycles. The Morgan fingerprint density at radius 3 is 2.24 bits per heavy atom. The summed E-state index contributed by atoms with van der Waals surface area (Å²) < 4.78 is 2.21. The quantitative estimate of drug-likeness (QED) is 0.912. The lowest BCUT2D eigenvalue weighted by molar-refractivity contribution is 0.558. The first-order valence-electron chi connectivity index (χ1n) is 5.33. The van der Waals surface area contributed by atoms with E-state index in [1.54, 1.807) is 0 Å². The maximum atomic E-state index is 5.93. The molecule has 1 atom stereocenters. The molecule has 1 heterocycles. The van der Waals surface area contributed by atoms with Crippen LogP contribution >= 0.6 is 24.8 Å². The number of hydrogen-bond acceptors (Lipinski definition) is 2. The van der Waals surface area contributed by atoms with Crippen LogP contribution in [0.1, 0.15) is 38.7 Å². The van der Waals surface area contributed by atoms with Crippen LogP contribution in [0.4, 0.5) is 0 Å². The number of nitrogens with zero attached hydrogens (tertiary/aromatic N) is 2. The Balaban J connectivity index is 0.00000128. The van der Waals surface area contributed by atoms with Crippen LogP contribution in [-0.4, -0.2) is 9.55 Å². The molecular formula is C12H19Cl2N3. The molecule has 3 nitrogen and oxygen atoms in total. The number of fused-ring (bicyclic) bond motifs is 1. The summed E-state index contributed by atoms with van der Waals surface area (Å²) >= 11 is 0. The predicted molar refractivity (Wildman–Crippen MR) is 77.2 cm³/mol. The van der Waals surface area contributed by atoms with E-state index in [0.29, 0.717) is 6.04 Å². The van der Waals surface area contributed by atoms with Gasteiger partial charge in [0.15, 0.2) is 0 Å².